The molecule has 210 valence electrons. The van der Waals surface area contributed by atoms with Crippen LogP contribution in [0.3, 0.4) is 0 Å². The summed E-state index contributed by atoms with van der Waals surface area (Å²) in [6.45, 7) is 2.36. The number of rotatable bonds is 8. The number of hydrogen-bond donors (Lipinski definition) is 3. The maximum absolute atomic E-state index is 13.7. The molecule has 3 N–H and O–H groups in total. The summed E-state index contributed by atoms with van der Waals surface area (Å²) >= 11 is 0. The Balaban J connectivity index is 1.44. The number of hydrogen-bond acceptors (Lipinski definition) is 8. The van der Waals surface area contributed by atoms with Gasteiger partial charge >= 0.3 is 0 Å². The highest BCUT2D eigenvalue weighted by molar-refractivity contribution is 7.88. The van der Waals surface area contributed by atoms with E-state index in [-0.39, 0.29) is 31.4 Å². The minimum atomic E-state index is -3.38. The molecule has 1 aliphatic rings. The molecule has 2 aromatic carbocycles. The fourth-order valence-electron chi connectivity index (χ4n) is 3.98. The zero-order chi connectivity index (χ0) is 28.5. The van der Waals surface area contributed by atoms with E-state index in [1.165, 1.54) is 24.4 Å². The summed E-state index contributed by atoms with van der Waals surface area (Å²) in [5.41, 5.74) is 1.53. The quantitative estimate of drug-likeness (QED) is 0.284. The van der Waals surface area contributed by atoms with Gasteiger partial charge in [0.25, 0.3) is 0 Å². The van der Waals surface area contributed by atoms with Crippen LogP contribution in [0.1, 0.15) is 19.0 Å². The third kappa shape index (κ3) is 6.47. The molecule has 14 heteroatoms. The highest BCUT2D eigenvalue weighted by atomic mass is 32.2. The molecule has 1 saturated heterocycles. The largest absolute Gasteiger partial charge is 0.345 e. The molecule has 0 unspecified atom stereocenters. The molecule has 0 amide bonds. The van der Waals surface area contributed by atoms with Gasteiger partial charge in [-0.05, 0) is 42.5 Å². The molecular weight excluding hydrogens is 549 g/mol. The molecule has 5 rings (SSSR count). The monoisotopic (exact) mass is 574 g/mol. The number of nitrogens with zero attached hydrogens (tertiary/aromatic N) is 3. The Labute approximate surface area is 228 Å². The van der Waals surface area contributed by atoms with Gasteiger partial charge in [-0.25, -0.2) is 41.3 Å². The van der Waals surface area contributed by atoms with E-state index in [0.717, 1.165) is 18.4 Å². The first-order valence-corrected chi connectivity index (χ1v) is 14.0. The topological polar surface area (TPSA) is 131 Å². The molecule has 1 fully saturated rings. The first kappa shape index (κ1) is 27.7. The van der Waals surface area contributed by atoms with Gasteiger partial charge in [0.15, 0.2) is 17.5 Å². The number of ether oxygens (including phenoxy) is 2. The molecule has 0 spiro atoms. The normalized spacial score (nSPS) is 19.5. The lowest BCUT2D eigenvalue weighted by molar-refractivity contribution is -0.231. The Hall–Kier alpha value is -3.85. The van der Waals surface area contributed by atoms with Gasteiger partial charge in [-0.2, -0.15) is 0 Å². The lowest BCUT2D eigenvalue weighted by atomic mass is 9.92. The van der Waals surface area contributed by atoms with Crippen molar-refractivity contribution in [3.8, 4) is 22.6 Å². The van der Waals surface area contributed by atoms with E-state index in [0.29, 0.717) is 28.5 Å². The lowest BCUT2D eigenvalue weighted by Gasteiger charge is -2.36. The van der Waals surface area contributed by atoms with E-state index in [2.05, 4.69) is 30.0 Å². The Bertz CT molecular complexity index is 1620. The van der Waals surface area contributed by atoms with Gasteiger partial charge in [0.1, 0.15) is 5.82 Å². The van der Waals surface area contributed by atoms with Crippen LogP contribution in [-0.4, -0.2) is 54.4 Å². The average Bonchev–Trinajstić information content (AvgIpc) is 3.36. The second-order valence-electron chi connectivity index (χ2n) is 9.73. The van der Waals surface area contributed by atoms with Crippen LogP contribution < -0.4 is 10.0 Å². The molecule has 2 aromatic heterocycles. The van der Waals surface area contributed by atoms with Crippen molar-refractivity contribution in [3.63, 3.8) is 0 Å². The molecule has 4 aromatic rings. The smallest absolute Gasteiger partial charge is 0.227 e. The van der Waals surface area contributed by atoms with E-state index < -0.39 is 39.2 Å². The summed E-state index contributed by atoms with van der Waals surface area (Å²) in [5.74, 6) is -1.98. The van der Waals surface area contributed by atoms with Crippen LogP contribution >= 0.6 is 0 Å². The number of sulfonamides is 1. The summed E-state index contributed by atoms with van der Waals surface area (Å²) in [6, 6.07) is 10.7. The standard InChI is InChI=1S/C26H25F3N6O4S/c1-26(12-31-40(2,36)37)13-38-24(39-14-26)23-34-21(15-3-5-16(27)6-4-15)22(35-23)20-9-10-30-25(33-20)32-17-7-8-18(28)19(29)11-17/h3-11,24,31H,12-14H2,1-2H3,(H,34,35)(H,30,32,33). The zero-order valence-electron chi connectivity index (χ0n) is 21.4. The Morgan fingerprint density at radius 2 is 1.75 bits per heavy atom. The van der Waals surface area contributed by atoms with E-state index in [1.54, 1.807) is 18.2 Å². The van der Waals surface area contributed by atoms with Crippen molar-refractivity contribution in [2.45, 2.75) is 13.2 Å². The summed E-state index contributed by atoms with van der Waals surface area (Å²) in [6.07, 6.45) is 1.67. The van der Waals surface area contributed by atoms with Gasteiger partial charge in [-0.15, -0.1) is 0 Å². The van der Waals surface area contributed by atoms with Crippen molar-refractivity contribution < 1.29 is 31.1 Å². The lowest BCUT2D eigenvalue weighted by Crippen LogP contribution is -2.45. The van der Waals surface area contributed by atoms with Gasteiger partial charge in [0, 0.05) is 35.5 Å². The number of halogens is 3. The van der Waals surface area contributed by atoms with Crippen molar-refractivity contribution in [2.75, 3.05) is 31.3 Å². The maximum atomic E-state index is 13.7. The molecule has 0 aliphatic carbocycles. The van der Waals surface area contributed by atoms with Crippen LogP contribution in [0.4, 0.5) is 24.8 Å². The third-order valence-corrected chi connectivity index (χ3v) is 6.75. The number of aromatic nitrogens is 4. The van der Waals surface area contributed by atoms with Gasteiger partial charge in [0.05, 0.1) is 36.6 Å². The van der Waals surface area contributed by atoms with Crippen molar-refractivity contribution in [1.82, 2.24) is 24.7 Å². The van der Waals surface area contributed by atoms with Crippen molar-refractivity contribution >= 4 is 21.7 Å². The first-order chi connectivity index (χ1) is 19.0. The van der Waals surface area contributed by atoms with Crippen LogP contribution in [-0.2, 0) is 19.5 Å². The van der Waals surface area contributed by atoms with Gasteiger partial charge in [0.2, 0.25) is 22.3 Å². The number of aromatic amines is 1. The molecular formula is C26H25F3N6O4S. The highest BCUT2D eigenvalue weighted by Crippen LogP contribution is 2.35. The van der Waals surface area contributed by atoms with Crippen molar-refractivity contribution in [3.05, 3.63) is 78.0 Å². The van der Waals surface area contributed by atoms with Crippen LogP contribution in [0.25, 0.3) is 22.6 Å². The summed E-state index contributed by atoms with van der Waals surface area (Å²) in [4.78, 5) is 16.5. The SMILES string of the molecule is CC1(CNS(C)(=O)=O)COC(c2nc(-c3ccc(F)cc3)c(-c3ccnc(Nc4ccc(F)c(F)c4)n3)[nH]2)OC1. The molecule has 40 heavy (non-hydrogen) atoms. The van der Waals surface area contributed by atoms with Crippen molar-refractivity contribution in [1.29, 1.82) is 0 Å². The number of H-pyrrole nitrogens is 1. The van der Waals surface area contributed by atoms with E-state index in [4.69, 9.17) is 9.47 Å². The minimum Gasteiger partial charge on any atom is -0.345 e. The minimum absolute atomic E-state index is 0.115. The Kier molecular flexibility index (Phi) is 7.59. The van der Waals surface area contributed by atoms with Crippen LogP contribution in [0.15, 0.2) is 54.7 Å². The zero-order valence-corrected chi connectivity index (χ0v) is 22.2. The summed E-state index contributed by atoms with van der Waals surface area (Å²) in [5, 5.41) is 2.84. The van der Waals surface area contributed by atoms with Gasteiger partial charge in [-0.3, -0.25) is 0 Å². The molecule has 0 bridgehead atoms. The first-order valence-electron chi connectivity index (χ1n) is 12.1. The molecule has 0 radical (unpaired) electrons. The predicted molar refractivity (Wildman–Crippen MR) is 140 cm³/mol. The summed E-state index contributed by atoms with van der Waals surface area (Å²) < 4.78 is 77.9. The summed E-state index contributed by atoms with van der Waals surface area (Å²) in [7, 11) is -3.38. The molecule has 10 nitrogen and oxygen atoms in total. The van der Waals surface area contributed by atoms with E-state index in [1.807, 2.05) is 6.92 Å². The Morgan fingerprint density at radius 3 is 2.42 bits per heavy atom. The fourth-order valence-corrected chi connectivity index (χ4v) is 4.59. The number of imidazole rings is 1. The predicted octanol–water partition coefficient (Wildman–Crippen LogP) is 4.30. The number of anilines is 2. The number of nitrogens with one attached hydrogen (secondary N) is 3. The van der Waals surface area contributed by atoms with Gasteiger partial charge in [-0.1, -0.05) is 6.92 Å². The highest BCUT2D eigenvalue weighted by Gasteiger charge is 2.35. The molecule has 1 aliphatic heterocycles. The van der Waals surface area contributed by atoms with Crippen molar-refractivity contribution in [2.24, 2.45) is 5.41 Å². The van der Waals surface area contributed by atoms with Crippen LogP contribution in [0, 0.1) is 22.9 Å². The van der Waals surface area contributed by atoms with E-state index >= 15 is 0 Å². The molecule has 3 heterocycles. The number of benzene rings is 2. The molecule has 0 atom stereocenters. The van der Waals surface area contributed by atoms with Crippen LogP contribution in [0.5, 0.6) is 0 Å². The second kappa shape index (κ2) is 11.0. The average molecular weight is 575 g/mol. The molecule has 0 saturated carbocycles. The van der Waals surface area contributed by atoms with E-state index in [9.17, 15) is 21.6 Å². The third-order valence-electron chi connectivity index (χ3n) is 6.08. The fraction of sp³-hybridized carbons (Fsp3) is 0.269. The van der Waals surface area contributed by atoms with Crippen LogP contribution in [0.2, 0.25) is 0 Å². The Morgan fingerprint density at radius 1 is 1.02 bits per heavy atom. The second-order valence-corrected chi connectivity index (χ2v) is 11.6. The van der Waals surface area contributed by atoms with Gasteiger partial charge < -0.3 is 19.8 Å². The maximum Gasteiger partial charge on any atom is 0.227 e.